The molecule has 2 nitrogen and oxygen atoms in total. The zero-order chi connectivity index (χ0) is 5.28. The molecule has 0 amide bonds. The molecule has 0 saturated heterocycles. The van der Waals surface area contributed by atoms with E-state index in [1.165, 1.54) is 0 Å². The third-order valence-corrected chi connectivity index (χ3v) is 1.28. The van der Waals surface area contributed by atoms with Gasteiger partial charge in [-0.3, -0.25) is 0 Å². The first kappa shape index (κ1) is 5.06. The molecule has 0 heterocycles. The van der Waals surface area contributed by atoms with Crippen molar-refractivity contribution in [3.05, 3.63) is 0 Å². The fraction of sp³-hybridized carbons (Fsp3) is 1.00. The molecular formula is C5H10O2. The van der Waals surface area contributed by atoms with E-state index in [-0.39, 0.29) is 0 Å². The van der Waals surface area contributed by atoms with E-state index in [0.717, 1.165) is 6.42 Å². The summed E-state index contributed by atoms with van der Waals surface area (Å²) in [6.45, 7) is 0. The second kappa shape index (κ2) is 1.80. The molecule has 0 unspecified atom stereocenters. The molecule has 0 radical (unpaired) electrons. The van der Waals surface area contributed by atoms with Gasteiger partial charge in [0, 0.05) is 20.6 Å². The van der Waals surface area contributed by atoms with E-state index in [1.54, 1.807) is 14.2 Å². The van der Waals surface area contributed by atoms with Crippen LogP contribution >= 0.6 is 0 Å². The average molecular weight is 102 g/mol. The summed E-state index contributed by atoms with van der Waals surface area (Å²) in [6.07, 6.45) is 1.86. The van der Waals surface area contributed by atoms with Crippen molar-refractivity contribution < 1.29 is 9.47 Å². The summed E-state index contributed by atoms with van der Waals surface area (Å²) >= 11 is 0. The minimum absolute atomic E-state index is 0.394. The quantitative estimate of drug-likeness (QED) is 0.503. The first-order valence-corrected chi connectivity index (χ1v) is 2.44. The number of hydrogen-bond donors (Lipinski definition) is 0. The van der Waals surface area contributed by atoms with Crippen molar-refractivity contribution in [1.29, 1.82) is 0 Å². The topological polar surface area (TPSA) is 18.5 Å². The van der Waals surface area contributed by atoms with Crippen molar-refractivity contribution in [1.82, 2.24) is 0 Å². The minimum Gasteiger partial charge on any atom is -0.379 e. The van der Waals surface area contributed by atoms with Gasteiger partial charge < -0.3 is 9.47 Å². The molecule has 2 heteroatoms. The molecule has 0 N–H and O–H groups in total. The molecule has 42 valence electrons. The van der Waals surface area contributed by atoms with Gasteiger partial charge in [0.15, 0.2) is 0 Å². The lowest BCUT2D eigenvalue weighted by Gasteiger charge is -1.90. The SMILES string of the molecule is CO[C@H]1C[C@@H]1OC. The zero-order valence-corrected chi connectivity index (χ0v) is 4.68. The van der Waals surface area contributed by atoms with Crippen LogP contribution in [-0.2, 0) is 9.47 Å². The molecule has 1 fully saturated rings. The second-order valence-electron chi connectivity index (χ2n) is 1.78. The van der Waals surface area contributed by atoms with Crippen LogP contribution in [0.15, 0.2) is 0 Å². The van der Waals surface area contributed by atoms with Gasteiger partial charge in [-0.1, -0.05) is 0 Å². The largest absolute Gasteiger partial charge is 0.379 e. The smallest absolute Gasteiger partial charge is 0.0859 e. The molecule has 0 bridgehead atoms. The first-order valence-electron chi connectivity index (χ1n) is 2.44. The van der Waals surface area contributed by atoms with E-state index >= 15 is 0 Å². The zero-order valence-electron chi connectivity index (χ0n) is 4.68. The minimum atomic E-state index is 0.394. The fourth-order valence-corrected chi connectivity index (χ4v) is 0.646. The van der Waals surface area contributed by atoms with Crippen LogP contribution < -0.4 is 0 Å². The van der Waals surface area contributed by atoms with Crippen LogP contribution in [-0.4, -0.2) is 26.4 Å². The predicted molar refractivity (Wildman–Crippen MR) is 26.2 cm³/mol. The third kappa shape index (κ3) is 0.924. The van der Waals surface area contributed by atoms with Gasteiger partial charge in [-0.05, 0) is 0 Å². The molecule has 1 saturated carbocycles. The fourth-order valence-electron chi connectivity index (χ4n) is 0.646. The maximum Gasteiger partial charge on any atom is 0.0859 e. The van der Waals surface area contributed by atoms with E-state index in [2.05, 4.69) is 0 Å². The summed E-state index contributed by atoms with van der Waals surface area (Å²) < 4.78 is 9.88. The van der Waals surface area contributed by atoms with Crippen molar-refractivity contribution in [2.24, 2.45) is 0 Å². The van der Waals surface area contributed by atoms with Gasteiger partial charge in [-0.15, -0.1) is 0 Å². The lowest BCUT2D eigenvalue weighted by Crippen LogP contribution is -1.96. The summed E-state index contributed by atoms with van der Waals surface area (Å²) in [5.41, 5.74) is 0. The molecule has 1 aliphatic carbocycles. The third-order valence-electron chi connectivity index (χ3n) is 1.28. The number of ether oxygens (including phenoxy) is 2. The maximum absolute atomic E-state index is 4.94. The molecule has 1 rings (SSSR count). The van der Waals surface area contributed by atoms with Gasteiger partial charge in [0.05, 0.1) is 12.2 Å². The second-order valence-corrected chi connectivity index (χ2v) is 1.78. The van der Waals surface area contributed by atoms with Gasteiger partial charge >= 0.3 is 0 Å². The Hall–Kier alpha value is -0.0800. The summed E-state index contributed by atoms with van der Waals surface area (Å²) in [4.78, 5) is 0. The van der Waals surface area contributed by atoms with E-state index in [4.69, 9.17) is 9.47 Å². The standard InChI is InChI=1S/C5H10O2/c1-6-4-3-5(4)7-2/h4-5H,3H2,1-2H3/t4-,5-/m0/s1. The van der Waals surface area contributed by atoms with Crippen LogP contribution in [0.4, 0.5) is 0 Å². The van der Waals surface area contributed by atoms with Gasteiger partial charge in [0.1, 0.15) is 0 Å². The predicted octanol–water partition coefficient (Wildman–Crippen LogP) is 0.420. The lowest BCUT2D eigenvalue weighted by atomic mass is 10.8. The van der Waals surface area contributed by atoms with Gasteiger partial charge in [-0.2, -0.15) is 0 Å². The highest BCUT2D eigenvalue weighted by Gasteiger charge is 2.37. The Bertz CT molecular complexity index is 55.1. The van der Waals surface area contributed by atoms with Crippen molar-refractivity contribution in [3.8, 4) is 0 Å². The van der Waals surface area contributed by atoms with Gasteiger partial charge in [-0.25, -0.2) is 0 Å². The van der Waals surface area contributed by atoms with E-state index in [0.29, 0.717) is 12.2 Å². The number of rotatable bonds is 2. The van der Waals surface area contributed by atoms with Crippen LogP contribution in [0.1, 0.15) is 6.42 Å². The Morgan fingerprint density at radius 2 is 1.57 bits per heavy atom. The summed E-state index contributed by atoms with van der Waals surface area (Å²) in [6, 6.07) is 0. The van der Waals surface area contributed by atoms with Crippen LogP contribution in [0, 0.1) is 0 Å². The Labute approximate surface area is 43.4 Å². The molecule has 0 aromatic rings. The monoisotopic (exact) mass is 102 g/mol. The highest BCUT2D eigenvalue weighted by atomic mass is 16.5. The van der Waals surface area contributed by atoms with Crippen molar-refractivity contribution >= 4 is 0 Å². The molecule has 0 aliphatic heterocycles. The summed E-state index contributed by atoms with van der Waals surface area (Å²) in [5.74, 6) is 0. The van der Waals surface area contributed by atoms with Crippen LogP contribution in [0.25, 0.3) is 0 Å². The normalized spacial score (nSPS) is 38.6. The lowest BCUT2D eigenvalue weighted by molar-refractivity contribution is 0.0972. The number of methoxy groups -OCH3 is 2. The van der Waals surface area contributed by atoms with Gasteiger partial charge in [0.25, 0.3) is 0 Å². The van der Waals surface area contributed by atoms with Crippen molar-refractivity contribution in [2.75, 3.05) is 14.2 Å². The summed E-state index contributed by atoms with van der Waals surface area (Å²) in [5, 5.41) is 0. The summed E-state index contributed by atoms with van der Waals surface area (Å²) in [7, 11) is 3.42. The van der Waals surface area contributed by atoms with Crippen LogP contribution in [0.3, 0.4) is 0 Å². The average Bonchev–Trinajstić information content (AvgIpc) is 2.43. The highest BCUT2D eigenvalue weighted by Crippen LogP contribution is 2.26. The molecule has 0 spiro atoms. The van der Waals surface area contributed by atoms with E-state index < -0.39 is 0 Å². The number of hydrogen-bond acceptors (Lipinski definition) is 2. The van der Waals surface area contributed by atoms with Crippen LogP contribution in [0.2, 0.25) is 0 Å². The molecule has 7 heavy (non-hydrogen) atoms. The van der Waals surface area contributed by atoms with Gasteiger partial charge in [0.2, 0.25) is 0 Å². The van der Waals surface area contributed by atoms with E-state index in [1.807, 2.05) is 0 Å². The molecule has 0 aromatic heterocycles. The maximum atomic E-state index is 4.94. The first-order chi connectivity index (χ1) is 3.38. The Morgan fingerprint density at radius 3 is 1.71 bits per heavy atom. The van der Waals surface area contributed by atoms with E-state index in [9.17, 15) is 0 Å². The Balaban J connectivity index is 2.06. The Kier molecular flexibility index (Phi) is 1.30. The van der Waals surface area contributed by atoms with Crippen molar-refractivity contribution in [3.63, 3.8) is 0 Å². The molecular weight excluding hydrogens is 92.1 g/mol. The highest BCUT2D eigenvalue weighted by molar-refractivity contribution is 4.88. The Morgan fingerprint density at radius 1 is 1.14 bits per heavy atom. The van der Waals surface area contributed by atoms with Crippen molar-refractivity contribution in [2.45, 2.75) is 18.6 Å². The molecule has 0 aromatic carbocycles. The molecule has 1 aliphatic rings. The van der Waals surface area contributed by atoms with Crippen LogP contribution in [0.5, 0.6) is 0 Å². The molecule has 2 atom stereocenters.